The summed E-state index contributed by atoms with van der Waals surface area (Å²) in [5, 5.41) is 4.24. The van der Waals surface area contributed by atoms with Gasteiger partial charge in [-0.15, -0.1) is 0 Å². The van der Waals surface area contributed by atoms with Crippen molar-refractivity contribution in [3.05, 3.63) is 54.4 Å². The molecule has 1 aliphatic heterocycles. The molecule has 1 fully saturated rings. The zero-order valence-electron chi connectivity index (χ0n) is 16.7. The molecule has 7 nitrogen and oxygen atoms in total. The minimum absolute atomic E-state index is 0.193. The number of nitrogens with one attached hydrogen (secondary N) is 2. The highest BCUT2D eigenvalue weighted by Gasteiger charge is 2.33. The van der Waals surface area contributed by atoms with Gasteiger partial charge in [-0.1, -0.05) is 35.0 Å². The van der Waals surface area contributed by atoms with Gasteiger partial charge < -0.3 is 14.8 Å². The van der Waals surface area contributed by atoms with Crippen molar-refractivity contribution in [2.75, 3.05) is 19.0 Å². The lowest BCUT2D eigenvalue weighted by atomic mass is 10.2. The molecule has 1 saturated heterocycles. The second-order valence-electron chi connectivity index (χ2n) is 6.18. The van der Waals surface area contributed by atoms with Gasteiger partial charge >= 0.3 is 6.03 Å². The van der Waals surface area contributed by atoms with E-state index in [9.17, 15) is 9.59 Å². The summed E-state index contributed by atoms with van der Waals surface area (Å²) in [7, 11) is 1.55. The second kappa shape index (κ2) is 10.9. The summed E-state index contributed by atoms with van der Waals surface area (Å²) in [4.78, 5) is 25.5. The summed E-state index contributed by atoms with van der Waals surface area (Å²) in [5.41, 5.74) is 3.59. The first-order chi connectivity index (χ1) is 15.2. The van der Waals surface area contributed by atoms with Crippen molar-refractivity contribution >= 4 is 97.8 Å². The van der Waals surface area contributed by atoms with Gasteiger partial charge in [0.1, 0.15) is 0 Å². The molecule has 0 spiro atoms. The highest BCUT2D eigenvalue weighted by atomic mass is 127. The molecule has 3 amide bonds. The number of amides is 3. The Labute approximate surface area is 217 Å². The van der Waals surface area contributed by atoms with Crippen molar-refractivity contribution < 1.29 is 19.1 Å². The van der Waals surface area contributed by atoms with Gasteiger partial charge in [0.2, 0.25) is 0 Å². The van der Waals surface area contributed by atoms with Crippen LogP contribution in [-0.4, -0.2) is 35.0 Å². The summed E-state index contributed by atoms with van der Waals surface area (Å²) in [6.07, 6.45) is 1.68. The Morgan fingerprint density at radius 1 is 1.28 bits per heavy atom. The lowest BCUT2D eigenvalue weighted by Crippen LogP contribution is -2.46. The van der Waals surface area contributed by atoms with Crippen LogP contribution in [0.3, 0.4) is 0 Å². The number of anilines is 1. The van der Waals surface area contributed by atoms with Crippen LogP contribution in [0.25, 0.3) is 6.08 Å². The first-order valence-electron chi connectivity index (χ1n) is 9.04. The monoisotopic (exact) mass is 623 g/mol. The van der Waals surface area contributed by atoms with Crippen LogP contribution < -0.4 is 20.2 Å². The highest BCUT2D eigenvalue weighted by molar-refractivity contribution is 14.1. The fraction of sp³-hybridized carbons (Fsp3) is 0.150. The number of methoxy groups -OCH3 is 1. The Morgan fingerprint density at radius 3 is 2.69 bits per heavy atom. The number of hydrogen-bond acceptors (Lipinski definition) is 6. The first kappa shape index (κ1) is 24.9. The van der Waals surface area contributed by atoms with Crippen molar-refractivity contribution in [2.45, 2.75) is 6.92 Å². The SMILES string of the molecule is CCOc1c(I)cc(/C=C2/SC(=S)N(NC(=O)Nc3ccc(Cl)c(Cl)c3)C2=O)cc1OC. The van der Waals surface area contributed by atoms with Crippen LogP contribution in [0.1, 0.15) is 12.5 Å². The third-order valence-corrected chi connectivity index (χ3v) is 6.87. The van der Waals surface area contributed by atoms with Gasteiger partial charge in [0, 0.05) is 5.69 Å². The van der Waals surface area contributed by atoms with E-state index in [1.54, 1.807) is 31.4 Å². The van der Waals surface area contributed by atoms with Gasteiger partial charge in [-0.3, -0.25) is 4.79 Å². The van der Waals surface area contributed by atoms with E-state index in [0.29, 0.717) is 38.7 Å². The number of thiocarbonyl (C=S) groups is 1. The van der Waals surface area contributed by atoms with E-state index in [0.717, 1.165) is 25.9 Å². The molecule has 3 rings (SSSR count). The number of hydrogen-bond donors (Lipinski definition) is 2. The average molecular weight is 624 g/mol. The number of ether oxygens (including phenoxy) is 2. The van der Waals surface area contributed by atoms with Crippen LogP contribution >= 0.6 is 69.8 Å². The second-order valence-corrected chi connectivity index (χ2v) is 9.83. The maximum absolute atomic E-state index is 12.8. The molecule has 1 heterocycles. The van der Waals surface area contributed by atoms with Crippen LogP contribution in [0, 0.1) is 3.57 Å². The van der Waals surface area contributed by atoms with E-state index in [4.69, 9.17) is 44.9 Å². The molecule has 0 saturated carbocycles. The van der Waals surface area contributed by atoms with Gasteiger partial charge in [-0.25, -0.2) is 10.2 Å². The lowest BCUT2D eigenvalue weighted by Gasteiger charge is -2.16. The smallest absolute Gasteiger partial charge is 0.338 e. The van der Waals surface area contributed by atoms with Crippen LogP contribution in [0.4, 0.5) is 10.5 Å². The van der Waals surface area contributed by atoms with Crippen LogP contribution in [0.2, 0.25) is 10.0 Å². The van der Waals surface area contributed by atoms with Crippen molar-refractivity contribution in [3.63, 3.8) is 0 Å². The van der Waals surface area contributed by atoms with Gasteiger partial charge in [0.05, 0.1) is 32.2 Å². The van der Waals surface area contributed by atoms with E-state index in [1.807, 2.05) is 13.0 Å². The molecule has 32 heavy (non-hydrogen) atoms. The van der Waals surface area contributed by atoms with Crippen molar-refractivity contribution in [1.82, 2.24) is 10.4 Å². The van der Waals surface area contributed by atoms with E-state index in [1.165, 1.54) is 6.07 Å². The molecular weight excluding hydrogens is 608 g/mol. The molecule has 12 heteroatoms. The summed E-state index contributed by atoms with van der Waals surface area (Å²) in [5.74, 6) is 0.743. The number of carbonyl (C=O) groups excluding carboxylic acids is 2. The van der Waals surface area contributed by atoms with E-state index < -0.39 is 11.9 Å². The molecule has 2 N–H and O–H groups in total. The minimum Gasteiger partial charge on any atom is -0.493 e. The van der Waals surface area contributed by atoms with Crippen molar-refractivity contribution in [1.29, 1.82) is 0 Å². The summed E-state index contributed by atoms with van der Waals surface area (Å²) in [6.45, 7) is 2.39. The minimum atomic E-state index is -0.654. The Bertz CT molecular complexity index is 1130. The third kappa shape index (κ3) is 5.79. The van der Waals surface area contributed by atoms with E-state index in [2.05, 4.69) is 33.3 Å². The summed E-state index contributed by atoms with van der Waals surface area (Å²) in [6, 6.07) is 7.61. The zero-order valence-corrected chi connectivity index (χ0v) is 22.0. The summed E-state index contributed by atoms with van der Waals surface area (Å²) >= 11 is 20.3. The average Bonchev–Trinajstić information content (AvgIpc) is 2.99. The molecular formula is C20H16Cl2IN3O4S2. The molecule has 2 aromatic rings. The molecule has 0 atom stereocenters. The summed E-state index contributed by atoms with van der Waals surface area (Å²) < 4.78 is 12.1. The highest BCUT2D eigenvalue weighted by Crippen LogP contribution is 2.37. The Balaban J connectivity index is 1.75. The van der Waals surface area contributed by atoms with Crippen molar-refractivity contribution in [3.8, 4) is 11.5 Å². The molecule has 0 bridgehead atoms. The number of rotatable bonds is 6. The molecule has 0 radical (unpaired) electrons. The number of benzene rings is 2. The number of carbonyl (C=O) groups is 2. The van der Waals surface area contributed by atoms with Crippen molar-refractivity contribution in [2.24, 2.45) is 0 Å². The first-order valence-corrected chi connectivity index (χ1v) is 12.1. The largest absolute Gasteiger partial charge is 0.493 e. The number of hydrazine groups is 1. The molecule has 168 valence electrons. The maximum atomic E-state index is 12.8. The normalized spacial score (nSPS) is 14.7. The quantitative estimate of drug-likeness (QED) is 0.235. The van der Waals surface area contributed by atoms with E-state index in [-0.39, 0.29) is 4.32 Å². The van der Waals surface area contributed by atoms with Gasteiger partial charge in [-0.2, -0.15) is 5.01 Å². The van der Waals surface area contributed by atoms with Gasteiger partial charge in [-0.05, 0) is 83.7 Å². The lowest BCUT2D eigenvalue weighted by molar-refractivity contribution is -0.123. The Morgan fingerprint density at radius 2 is 2.03 bits per heavy atom. The fourth-order valence-electron chi connectivity index (χ4n) is 2.66. The number of halogens is 3. The van der Waals surface area contributed by atoms with Crippen LogP contribution in [-0.2, 0) is 4.79 Å². The van der Waals surface area contributed by atoms with Gasteiger partial charge in [0.15, 0.2) is 15.8 Å². The number of urea groups is 1. The molecule has 1 aliphatic rings. The molecule has 2 aromatic carbocycles. The zero-order chi connectivity index (χ0) is 23.4. The predicted molar refractivity (Wildman–Crippen MR) is 141 cm³/mol. The van der Waals surface area contributed by atoms with Crippen LogP contribution in [0.5, 0.6) is 11.5 Å². The van der Waals surface area contributed by atoms with Gasteiger partial charge in [0.25, 0.3) is 5.91 Å². The number of nitrogens with zero attached hydrogens (tertiary/aromatic N) is 1. The molecule has 0 aromatic heterocycles. The predicted octanol–water partition coefficient (Wildman–Crippen LogP) is 5.94. The topological polar surface area (TPSA) is 79.9 Å². The molecule has 0 unspecified atom stereocenters. The fourth-order valence-corrected chi connectivity index (χ4v) is 4.92. The Kier molecular flexibility index (Phi) is 8.50. The van der Waals surface area contributed by atoms with Crippen LogP contribution in [0.15, 0.2) is 35.2 Å². The molecule has 0 aliphatic carbocycles. The van der Waals surface area contributed by atoms with E-state index >= 15 is 0 Å². The maximum Gasteiger partial charge on any atom is 0.338 e. The Hall–Kier alpha value is -1.73. The number of thioether (sulfide) groups is 1. The third-order valence-electron chi connectivity index (χ3n) is 4.02. The standard InChI is InChI=1S/C20H16Cl2IN3O4S2/c1-3-30-17-14(23)6-10(7-15(17)29-2)8-16-18(27)26(20(31)32-16)25-19(28)24-11-4-5-12(21)13(22)9-11/h4-9H,3H2,1-2H3,(H2,24,25,28)/b16-8+.